The summed E-state index contributed by atoms with van der Waals surface area (Å²) < 4.78 is 10.2. The van der Waals surface area contributed by atoms with Crippen molar-refractivity contribution in [1.29, 1.82) is 0 Å². The van der Waals surface area contributed by atoms with E-state index in [1.807, 2.05) is 0 Å². The van der Waals surface area contributed by atoms with Crippen molar-refractivity contribution >= 4 is 28.8 Å². The Hall–Kier alpha value is -3.56. The summed E-state index contributed by atoms with van der Waals surface area (Å²) in [6.45, 7) is 0.258. The first-order valence-electron chi connectivity index (χ1n) is 8.48. The number of nitrogens with two attached hydrogens (primary N) is 2. The number of carbonyl (C=O) groups is 2. The van der Waals surface area contributed by atoms with Gasteiger partial charge >= 0.3 is 11.6 Å². The van der Waals surface area contributed by atoms with Crippen LogP contribution in [0.4, 0.5) is 0 Å². The summed E-state index contributed by atoms with van der Waals surface area (Å²) >= 11 is 0. The molecule has 0 unspecified atom stereocenters. The molecule has 0 radical (unpaired) electrons. The van der Waals surface area contributed by atoms with Crippen LogP contribution in [0.3, 0.4) is 0 Å². The molecule has 10 heteroatoms. The molecule has 2 aromatic rings. The predicted molar refractivity (Wildman–Crippen MR) is 102 cm³/mol. The molecule has 1 heterocycles. The largest absolute Gasteiger partial charge is 0.497 e. The average Bonchev–Trinajstić information content (AvgIpc) is 2.63. The number of carbonyl (C=O) groups excluding carboxylic acids is 1. The average molecular weight is 390 g/mol. The number of guanidine groups is 1. The number of ether oxygens (including phenoxy) is 1. The Morgan fingerprint density at radius 3 is 2.71 bits per heavy atom. The van der Waals surface area contributed by atoms with Crippen molar-refractivity contribution < 1.29 is 23.8 Å². The smallest absolute Gasteiger partial charge is 0.336 e. The van der Waals surface area contributed by atoms with Gasteiger partial charge in [-0.3, -0.25) is 9.79 Å². The van der Waals surface area contributed by atoms with Crippen molar-refractivity contribution in [3.8, 4) is 5.75 Å². The zero-order valence-electron chi connectivity index (χ0n) is 15.3. The lowest BCUT2D eigenvalue weighted by Crippen LogP contribution is -2.41. The normalized spacial score (nSPS) is 11.6. The van der Waals surface area contributed by atoms with Crippen molar-refractivity contribution in [2.45, 2.75) is 25.3 Å². The lowest BCUT2D eigenvalue weighted by atomic mass is 10.1. The first-order chi connectivity index (χ1) is 13.3. The number of carboxylic acids is 1. The van der Waals surface area contributed by atoms with Crippen LogP contribution < -0.4 is 27.1 Å². The third kappa shape index (κ3) is 5.73. The zero-order chi connectivity index (χ0) is 20.7. The van der Waals surface area contributed by atoms with Crippen LogP contribution in [-0.2, 0) is 16.0 Å². The molecule has 0 aliphatic rings. The minimum Gasteiger partial charge on any atom is -0.497 e. The lowest BCUT2D eigenvalue weighted by Gasteiger charge is -2.14. The molecule has 0 saturated heterocycles. The summed E-state index contributed by atoms with van der Waals surface area (Å²) in [5.41, 5.74) is 10.5. The van der Waals surface area contributed by atoms with E-state index in [0.29, 0.717) is 23.1 Å². The van der Waals surface area contributed by atoms with Gasteiger partial charge < -0.3 is 31.0 Å². The molecule has 1 aromatic carbocycles. The maximum atomic E-state index is 12.3. The van der Waals surface area contributed by atoms with E-state index in [4.69, 9.17) is 20.6 Å². The van der Waals surface area contributed by atoms with E-state index in [1.54, 1.807) is 18.2 Å². The van der Waals surface area contributed by atoms with E-state index in [2.05, 4.69) is 10.3 Å². The Balaban J connectivity index is 2.11. The van der Waals surface area contributed by atoms with Crippen molar-refractivity contribution in [2.24, 2.45) is 16.5 Å². The third-order valence-electron chi connectivity index (χ3n) is 3.97. The summed E-state index contributed by atoms with van der Waals surface area (Å²) in [7, 11) is 1.48. The van der Waals surface area contributed by atoms with Gasteiger partial charge in [0.1, 0.15) is 17.4 Å². The summed E-state index contributed by atoms with van der Waals surface area (Å²) in [5, 5.41) is 12.3. The molecule has 0 spiro atoms. The number of hydrogen-bond donors (Lipinski definition) is 4. The van der Waals surface area contributed by atoms with Gasteiger partial charge in [-0.05, 0) is 30.5 Å². The van der Waals surface area contributed by atoms with E-state index in [1.165, 1.54) is 13.2 Å². The molecule has 0 bridgehead atoms. The highest BCUT2D eigenvalue weighted by atomic mass is 16.5. The van der Waals surface area contributed by atoms with Crippen molar-refractivity contribution in [1.82, 2.24) is 5.32 Å². The number of nitrogens with one attached hydrogen (secondary N) is 1. The predicted octanol–water partition coefficient (Wildman–Crippen LogP) is -0.0329. The molecule has 10 nitrogen and oxygen atoms in total. The Morgan fingerprint density at radius 1 is 1.32 bits per heavy atom. The van der Waals surface area contributed by atoms with Gasteiger partial charge in [-0.15, -0.1) is 0 Å². The number of fused-ring (bicyclic) bond motifs is 1. The number of carboxylic acid groups (broad SMARTS) is 1. The standard InChI is InChI=1S/C18H22N4O6/c1-27-11-4-5-12-10(8-16(24)28-14(12)9-11)7-15(23)22-13(17(25)26)3-2-6-21-18(19)20/h4-5,8-9,13H,2-3,6-7H2,1H3,(H,22,23)(H,25,26)(H4,19,20,21)/t13-/m0/s1. The summed E-state index contributed by atoms with van der Waals surface area (Å²) in [6, 6.07) is 5.01. The van der Waals surface area contributed by atoms with Crippen LogP contribution in [-0.4, -0.2) is 42.6 Å². The molecule has 28 heavy (non-hydrogen) atoms. The molecule has 0 saturated carbocycles. The second kappa shape index (κ2) is 9.40. The molecular weight excluding hydrogens is 368 g/mol. The van der Waals surface area contributed by atoms with Crippen LogP contribution in [0.15, 0.2) is 38.5 Å². The number of aliphatic carboxylic acids is 1. The monoisotopic (exact) mass is 390 g/mol. The highest BCUT2D eigenvalue weighted by Gasteiger charge is 2.20. The summed E-state index contributed by atoms with van der Waals surface area (Å²) in [6.07, 6.45) is 0.367. The first kappa shape index (κ1) is 20.7. The van der Waals surface area contributed by atoms with Crippen molar-refractivity contribution in [3.05, 3.63) is 40.2 Å². The van der Waals surface area contributed by atoms with Gasteiger partial charge in [-0.25, -0.2) is 9.59 Å². The molecule has 2 rings (SSSR count). The number of rotatable bonds is 9. The van der Waals surface area contributed by atoms with Crippen molar-refractivity contribution in [2.75, 3.05) is 13.7 Å². The molecule has 150 valence electrons. The quantitative estimate of drug-likeness (QED) is 0.200. The van der Waals surface area contributed by atoms with Gasteiger partial charge in [0.25, 0.3) is 0 Å². The van der Waals surface area contributed by atoms with Crippen LogP contribution in [0.5, 0.6) is 5.75 Å². The van der Waals surface area contributed by atoms with Crippen LogP contribution in [0.2, 0.25) is 0 Å². The van der Waals surface area contributed by atoms with Crippen LogP contribution in [0, 0.1) is 0 Å². The number of hydrogen-bond acceptors (Lipinski definition) is 6. The van der Waals surface area contributed by atoms with Gasteiger partial charge in [0.2, 0.25) is 5.91 Å². The molecule has 0 fully saturated rings. The maximum Gasteiger partial charge on any atom is 0.336 e. The van der Waals surface area contributed by atoms with Gasteiger partial charge in [0.15, 0.2) is 5.96 Å². The Labute approximate surface area is 160 Å². The van der Waals surface area contributed by atoms with E-state index in [9.17, 15) is 19.5 Å². The summed E-state index contributed by atoms with van der Waals surface area (Å²) in [5.74, 6) is -1.27. The van der Waals surface area contributed by atoms with Gasteiger partial charge in [0.05, 0.1) is 13.5 Å². The second-order valence-electron chi connectivity index (χ2n) is 6.04. The molecule has 1 amide bonds. The van der Waals surface area contributed by atoms with Gasteiger partial charge in [-0.2, -0.15) is 0 Å². The molecule has 6 N–H and O–H groups in total. The fourth-order valence-electron chi connectivity index (χ4n) is 2.66. The third-order valence-corrected chi connectivity index (χ3v) is 3.97. The van der Waals surface area contributed by atoms with Gasteiger partial charge in [0, 0.05) is 24.1 Å². The van der Waals surface area contributed by atoms with E-state index < -0.39 is 23.5 Å². The lowest BCUT2D eigenvalue weighted by molar-refractivity contribution is -0.141. The zero-order valence-corrected chi connectivity index (χ0v) is 15.3. The first-order valence-corrected chi connectivity index (χ1v) is 8.48. The van der Waals surface area contributed by atoms with E-state index >= 15 is 0 Å². The number of amides is 1. The maximum absolute atomic E-state index is 12.3. The highest BCUT2D eigenvalue weighted by Crippen LogP contribution is 2.22. The Morgan fingerprint density at radius 2 is 2.07 bits per heavy atom. The second-order valence-corrected chi connectivity index (χ2v) is 6.04. The summed E-state index contributed by atoms with van der Waals surface area (Å²) in [4.78, 5) is 39.3. The molecule has 1 atom stereocenters. The van der Waals surface area contributed by atoms with E-state index in [0.717, 1.165) is 0 Å². The van der Waals surface area contributed by atoms with Crippen molar-refractivity contribution in [3.63, 3.8) is 0 Å². The van der Waals surface area contributed by atoms with Gasteiger partial charge in [-0.1, -0.05) is 0 Å². The number of methoxy groups -OCH3 is 1. The topological polar surface area (TPSA) is 170 Å². The SMILES string of the molecule is COc1ccc2c(CC(=O)N[C@@H](CCCN=C(N)N)C(=O)O)cc(=O)oc2c1. The van der Waals surface area contributed by atoms with Crippen LogP contribution in [0.1, 0.15) is 18.4 Å². The Bertz CT molecular complexity index is 949. The fourth-order valence-corrected chi connectivity index (χ4v) is 2.66. The minimum atomic E-state index is -1.17. The van der Waals surface area contributed by atoms with Crippen LogP contribution >= 0.6 is 0 Å². The number of aliphatic imine (C=N–C) groups is 1. The Kier molecular flexibility index (Phi) is 6.96. The highest BCUT2D eigenvalue weighted by molar-refractivity contribution is 5.89. The number of benzene rings is 1. The fraction of sp³-hybridized carbons (Fsp3) is 0.333. The molecule has 1 aromatic heterocycles. The molecular formula is C18H22N4O6. The van der Waals surface area contributed by atoms with E-state index in [-0.39, 0.29) is 30.9 Å². The minimum absolute atomic E-state index is 0.0812. The van der Waals surface area contributed by atoms with Crippen LogP contribution in [0.25, 0.3) is 11.0 Å². The number of nitrogens with zero attached hydrogens (tertiary/aromatic N) is 1. The molecule has 0 aliphatic carbocycles. The molecule has 0 aliphatic heterocycles.